The van der Waals surface area contributed by atoms with E-state index in [1.165, 1.54) is 5.56 Å². The van der Waals surface area contributed by atoms with Crippen LogP contribution >= 0.6 is 11.8 Å². The summed E-state index contributed by atoms with van der Waals surface area (Å²) < 4.78 is 5.08. The molecule has 0 aliphatic carbocycles. The Kier molecular flexibility index (Phi) is 7.36. The summed E-state index contributed by atoms with van der Waals surface area (Å²) in [5.41, 5.74) is 1.71. The highest BCUT2D eigenvalue weighted by atomic mass is 32.2. The molecule has 24 heavy (non-hydrogen) atoms. The predicted octanol–water partition coefficient (Wildman–Crippen LogP) is 3.28. The molecule has 0 spiro atoms. The fourth-order valence-electron chi connectivity index (χ4n) is 2.11. The Labute approximate surface area is 146 Å². The molecule has 0 heterocycles. The van der Waals surface area contributed by atoms with Crippen LogP contribution in [0.15, 0.2) is 60.7 Å². The van der Waals surface area contributed by atoms with Gasteiger partial charge < -0.3 is 10.1 Å². The number of hydrogen-bond acceptors (Lipinski definition) is 4. The normalized spacial score (nSPS) is 11.5. The Morgan fingerprint density at radius 3 is 2.29 bits per heavy atom. The van der Waals surface area contributed by atoms with E-state index in [9.17, 15) is 9.59 Å². The van der Waals surface area contributed by atoms with E-state index in [1.54, 1.807) is 43.0 Å². The predicted molar refractivity (Wildman–Crippen MR) is 96.9 cm³/mol. The van der Waals surface area contributed by atoms with Crippen LogP contribution in [0.1, 0.15) is 22.8 Å². The number of ether oxygens (including phenoxy) is 1. The third-order valence-electron chi connectivity index (χ3n) is 3.31. The summed E-state index contributed by atoms with van der Waals surface area (Å²) in [5.74, 6) is 0.570. The zero-order valence-corrected chi connectivity index (χ0v) is 14.4. The largest absolute Gasteiger partial charge is 0.464 e. The van der Waals surface area contributed by atoms with Gasteiger partial charge in [0.15, 0.2) is 0 Å². The van der Waals surface area contributed by atoms with Crippen molar-refractivity contribution in [1.29, 1.82) is 0 Å². The lowest BCUT2D eigenvalue weighted by Gasteiger charge is -2.17. The van der Waals surface area contributed by atoms with Crippen LogP contribution in [0.25, 0.3) is 0 Å². The third-order valence-corrected chi connectivity index (χ3v) is 4.41. The molecule has 0 saturated heterocycles. The van der Waals surface area contributed by atoms with Gasteiger partial charge in [0.1, 0.15) is 6.04 Å². The number of carbonyl (C=O) groups is 2. The van der Waals surface area contributed by atoms with Gasteiger partial charge in [0.05, 0.1) is 6.61 Å². The lowest BCUT2D eigenvalue weighted by Crippen LogP contribution is -2.43. The molecule has 126 valence electrons. The number of esters is 1. The zero-order chi connectivity index (χ0) is 17.2. The van der Waals surface area contributed by atoms with Gasteiger partial charge in [0.2, 0.25) is 0 Å². The molecule has 1 atom stereocenters. The minimum atomic E-state index is -0.661. The maximum atomic E-state index is 12.3. The number of nitrogens with one attached hydrogen (secondary N) is 1. The number of hydrogen-bond donors (Lipinski definition) is 1. The molecule has 5 heteroatoms. The summed E-state index contributed by atoms with van der Waals surface area (Å²) in [6.07, 6.45) is 0. The Bertz CT molecular complexity index is 646. The molecule has 1 N–H and O–H groups in total. The van der Waals surface area contributed by atoms with Crippen molar-refractivity contribution in [2.24, 2.45) is 0 Å². The monoisotopic (exact) mass is 347 g/mol. The summed E-state index contributed by atoms with van der Waals surface area (Å²) >= 11 is 1.59. The maximum Gasteiger partial charge on any atom is 0.329 e. The minimum absolute atomic E-state index is 0.269. The first-order valence-corrected chi connectivity index (χ1v) is 9.00. The van der Waals surface area contributed by atoms with Crippen LogP contribution in [0.5, 0.6) is 0 Å². The number of rotatable bonds is 8. The maximum absolute atomic E-state index is 12.3. The van der Waals surface area contributed by atoms with E-state index >= 15 is 0 Å². The molecule has 0 unspecified atom stereocenters. The molecule has 0 aliphatic rings. The highest BCUT2D eigenvalue weighted by Gasteiger charge is 2.22. The molecular formula is C19H21NO3S. The molecule has 0 aromatic heterocycles. The van der Waals surface area contributed by atoms with E-state index in [4.69, 9.17) is 4.74 Å². The van der Waals surface area contributed by atoms with Gasteiger partial charge in [-0.15, -0.1) is 0 Å². The van der Waals surface area contributed by atoms with Crippen molar-refractivity contribution in [2.75, 3.05) is 12.4 Å². The molecule has 0 saturated carbocycles. The molecular weight excluding hydrogens is 326 g/mol. The van der Waals surface area contributed by atoms with Crippen LogP contribution in [-0.2, 0) is 15.3 Å². The van der Waals surface area contributed by atoms with Gasteiger partial charge >= 0.3 is 5.97 Å². The summed E-state index contributed by atoms with van der Waals surface area (Å²) in [4.78, 5) is 24.4. The average molecular weight is 347 g/mol. The number of benzene rings is 2. The summed E-state index contributed by atoms with van der Waals surface area (Å²) in [5, 5.41) is 2.77. The first-order chi connectivity index (χ1) is 11.7. The van der Waals surface area contributed by atoms with Crippen LogP contribution in [0.3, 0.4) is 0 Å². The Morgan fingerprint density at radius 2 is 1.67 bits per heavy atom. The molecule has 4 nitrogen and oxygen atoms in total. The van der Waals surface area contributed by atoms with Gasteiger partial charge in [-0.3, -0.25) is 4.79 Å². The van der Waals surface area contributed by atoms with Gasteiger partial charge in [0, 0.05) is 17.1 Å². The lowest BCUT2D eigenvalue weighted by molar-refractivity contribution is -0.144. The van der Waals surface area contributed by atoms with E-state index in [1.807, 2.05) is 36.4 Å². The first-order valence-electron chi connectivity index (χ1n) is 7.85. The Balaban J connectivity index is 1.94. The summed E-state index contributed by atoms with van der Waals surface area (Å²) in [7, 11) is 0. The van der Waals surface area contributed by atoms with E-state index in [0.717, 1.165) is 5.75 Å². The van der Waals surface area contributed by atoms with Crippen molar-refractivity contribution in [3.8, 4) is 0 Å². The van der Waals surface area contributed by atoms with Crippen LogP contribution in [-0.4, -0.2) is 30.3 Å². The van der Waals surface area contributed by atoms with Crippen LogP contribution in [0.2, 0.25) is 0 Å². The van der Waals surface area contributed by atoms with Crippen molar-refractivity contribution in [3.63, 3.8) is 0 Å². The van der Waals surface area contributed by atoms with Crippen molar-refractivity contribution >= 4 is 23.6 Å². The van der Waals surface area contributed by atoms with Crippen molar-refractivity contribution in [2.45, 2.75) is 18.7 Å². The highest BCUT2D eigenvalue weighted by Crippen LogP contribution is 2.14. The van der Waals surface area contributed by atoms with E-state index < -0.39 is 12.0 Å². The molecule has 0 fully saturated rings. The molecule has 0 bridgehead atoms. The molecule has 2 aromatic rings. The minimum Gasteiger partial charge on any atom is -0.464 e. The van der Waals surface area contributed by atoms with Gasteiger partial charge in [0.25, 0.3) is 5.91 Å². The van der Waals surface area contributed by atoms with Gasteiger partial charge in [-0.1, -0.05) is 48.5 Å². The van der Waals surface area contributed by atoms with E-state index in [2.05, 4.69) is 5.32 Å². The topological polar surface area (TPSA) is 55.4 Å². The molecule has 0 aliphatic heterocycles. The second kappa shape index (κ2) is 9.78. The fourth-order valence-corrected chi connectivity index (χ4v) is 3.11. The van der Waals surface area contributed by atoms with Crippen molar-refractivity contribution < 1.29 is 14.3 Å². The summed E-state index contributed by atoms with van der Waals surface area (Å²) in [6.45, 7) is 2.05. The second-order valence-corrected chi connectivity index (χ2v) is 6.18. The highest BCUT2D eigenvalue weighted by molar-refractivity contribution is 7.98. The third kappa shape index (κ3) is 5.74. The first kappa shape index (κ1) is 18.1. The molecule has 2 rings (SSSR count). The molecule has 0 radical (unpaired) electrons. The number of thioether (sulfide) groups is 1. The standard InChI is InChI=1S/C19H21NO3S/c1-2-23-19(22)17(14-24-13-15-9-5-3-6-10-15)20-18(21)16-11-7-4-8-12-16/h3-12,17H,2,13-14H2,1H3,(H,20,21)/t17-/m0/s1/i14+1,17+1,19+1,20+1. The van der Waals surface area contributed by atoms with Crippen molar-refractivity contribution in [1.82, 2.24) is 5.32 Å². The second-order valence-electron chi connectivity index (χ2n) is 5.14. The van der Waals surface area contributed by atoms with Crippen LogP contribution in [0.4, 0.5) is 0 Å². The van der Waals surface area contributed by atoms with Crippen molar-refractivity contribution in [3.05, 3.63) is 71.8 Å². The van der Waals surface area contributed by atoms with Gasteiger partial charge in [-0.05, 0) is 24.6 Å². The SMILES string of the molecule is CCO[13C](=O)[13C@H]([13CH2]SCc1ccccc1)[15NH]C(=O)c1ccccc1. The van der Waals surface area contributed by atoms with E-state index in [-0.39, 0.29) is 5.91 Å². The van der Waals surface area contributed by atoms with E-state index in [0.29, 0.717) is 17.9 Å². The lowest BCUT2D eigenvalue weighted by atomic mass is 10.2. The quantitative estimate of drug-likeness (QED) is 0.452. The smallest absolute Gasteiger partial charge is 0.329 e. The Morgan fingerprint density at radius 1 is 1.04 bits per heavy atom. The average Bonchev–Trinajstić information content (AvgIpc) is 2.62. The molecule has 1 amide bonds. The zero-order valence-electron chi connectivity index (χ0n) is 13.6. The number of amides is 1. The fraction of sp³-hybridized carbons (Fsp3) is 0.263. The van der Waals surface area contributed by atoms with Crippen LogP contribution in [0, 0.1) is 0 Å². The van der Waals surface area contributed by atoms with Gasteiger partial charge in [-0.25, -0.2) is 4.79 Å². The number of carbonyl (C=O) groups excluding carboxylic acids is 2. The Hall–Kier alpha value is -2.27. The molecule has 2 aromatic carbocycles. The van der Waals surface area contributed by atoms with Crippen LogP contribution < -0.4 is 5.32 Å². The van der Waals surface area contributed by atoms with Gasteiger partial charge in [-0.2, -0.15) is 11.8 Å². The summed E-state index contributed by atoms with van der Waals surface area (Å²) in [6, 6.07) is 18.2.